The summed E-state index contributed by atoms with van der Waals surface area (Å²) in [4.78, 5) is 31.1. The van der Waals surface area contributed by atoms with Crippen LogP contribution in [0.3, 0.4) is 0 Å². The van der Waals surface area contributed by atoms with Crippen LogP contribution in [0.5, 0.6) is 0 Å². The number of piperazine rings is 1. The van der Waals surface area contributed by atoms with Crippen molar-refractivity contribution in [3.8, 4) is 11.1 Å². The predicted molar refractivity (Wildman–Crippen MR) is 149 cm³/mol. The number of pyridine rings is 1. The molecule has 3 aliphatic rings. The van der Waals surface area contributed by atoms with E-state index in [9.17, 15) is 14.7 Å². The highest BCUT2D eigenvalue weighted by atomic mass is 16.3. The molecule has 2 N–H and O–H groups in total. The van der Waals surface area contributed by atoms with Gasteiger partial charge in [0.2, 0.25) is 0 Å². The molecule has 3 fully saturated rings. The maximum absolute atomic E-state index is 14.0. The third kappa shape index (κ3) is 4.78. The summed E-state index contributed by atoms with van der Waals surface area (Å²) in [5.74, 6) is 0. The minimum atomic E-state index is -1.05. The van der Waals surface area contributed by atoms with Crippen LogP contribution in [0.15, 0.2) is 65.8 Å². The molecule has 2 atom stereocenters. The van der Waals surface area contributed by atoms with Gasteiger partial charge in [0, 0.05) is 69.2 Å². The largest absolute Gasteiger partial charge is 0.387 e. The Bertz CT molecular complexity index is 1380. The van der Waals surface area contributed by atoms with E-state index in [1.165, 1.54) is 0 Å². The fourth-order valence-electron chi connectivity index (χ4n) is 7.02. The van der Waals surface area contributed by atoms with Crippen molar-refractivity contribution < 1.29 is 9.90 Å². The van der Waals surface area contributed by atoms with Crippen molar-refractivity contribution in [2.24, 2.45) is 12.5 Å². The number of carbonyl (C=O) groups excluding carboxylic acids is 1. The molecule has 1 aromatic carbocycles. The monoisotopic (exact) mass is 530 g/mol. The van der Waals surface area contributed by atoms with Crippen LogP contribution in [0.25, 0.3) is 11.1 Å². The van der Waals surface area contributed by atoms with Crippen LogP contribution >= 0.6 is 0 Å². The summed E-state index contributed by atoms with van der Waals surface area (Å²) in [5, 5.41) is 19.8. The number of urea groups is 1. The first-order valence-electron chi connectivity index (χ1n) is 14.1. The number of piperidine rings is 1. The lowest BCUT2D eigenvalue weighted by atomic mass is 9.66. The molecule has 2 amide bonds. The highest BCUT2D eigenvalue weighted by molar-refractivity contribution is 5.75. The minimum absolute atomic E-state index is 0.00954. The fourth-order valence-corrected chi connectivity index (χ4v) is 7.02. The van der Waals surface area contributed by atoms with Gasteiger partial charge < -0.3 is 24.8 Å². The standard InChI is InChI=1S/C30H38N6O3/c1-33-20-25(18-32-33)24-9-14-34(27(37)17-24)22-30(39)12-15-35(21-29(30)10-5-6-11-29)28(38)36-16-13-31-19-26(36)23-7-3-2-4-8-23/h2-4,7-9,14,17-18,20,26,31,39H,5-6,10-13,15-16,19,21-22H2,1H3/t26-,30+/m0/s1. The quantitative estimate of drug-likeness (QED) is 0.541. The molecule has 206 valence electrons. The molecule has 9 heteroatoms. The summed E-state index contributed by atoms with van der Waals surface area (Å²) in [6.07, 6.45) is 9.64. The molecular formula is C30H38N6O3. The van der Waals surface area contributed by atoms with Gasteiger partial charge in [0.15, 0.2) is 0 Å². The van der Waals surface area contributed by atoms with E-state index in [0.717, 1.165) is 55.5 Å². The fraction of sp³-hybridized carbons (Fsp3) is 0.500. The van der Waals surface area contributed by atoms with E-state index in [1.54, 1.807) is 27.7 Å². The number of hydrogen-bond donors (Lipinski definition) is 2. The zero-order valence-corrected chi connectivity index (χ0v) is 22.6. The number of likely N-dealkylation sites (tertiary alicyclic amines) is 1. The average Bonchev–Trinajstić information content (AvgIpc) is 3.62. The maximum Gasteiger partial charge on any atom is 0.320 e. The van der Waals surface area contributed by atoms with Gasteiger partial charge in [-0.2, -0.15) is 5.10 Å². The molecule has 0 unspecified atom stereocenters. The van der Waals surface area contributed by atoms with E-state index in [4.69, 9.17) is 0 Å². The number of nitrogens with zero attached hydrogens (tertiary/aromatic N) is 5. The maximum atomic E-state index is 14.0. The zero-order valence-electron chi connectivity index (χ0n) is 22.6. The van der Waals surface area contributed by atoms with Crippen LogP contribution in [-0.4, -0.2) is 73.6 Å². The molecule has 2 aromatic heterocycles. The van der Waals surface area contributed by atoms with Crippen LogP contribution < -0.4 is 10.9 Å². The van der Waals surface area contributed by atoms with E-state index < -0.39 is 11.0 Å². The number of benzene rings is 1. The second-order valence-electron chi connectivity index (χ2n) is 11.6. The molecule has 0 bridgehead atoms. The molecule has 0 radical (unpaired) electrons. The van der Waals surface area contributed by atoms with Gasteiger partial charge in [-0.3, -0.25) is 9.48 Å². The molecule has 1 saturated carbocycles. The molecule has 1 aliphatic carbocycles. The first-order valence-corrected chi connectivity index (χ1v) is 14.1. The van der Waals surface area contributed by atoms with Crippen molar-refractivity contribution in [1.29, 1.82) is 0 Å². The normalized spacial score (nSPS) is 24.8. The van der Waals surface area contributed by atoms with Crippen molar-refractivity contribution in [1.82, 2.24) is 29.5 Å². The second-order valence-corrected chi connectivity index (χ2v) is 11.6. The summed E-state index contributed by atoms with van der Waals surface area (Å²) in [7, 11) is 1.85. The average molecular weight is 531 g/mol. The van der Waals surface area contributed by atoms with Gasteiger partial charge in [-0.25, -0.2) is 4.79 Å². The Labute approximate surface area is 229 Å². The third-order valence-electron chi connectivity index (χ3n) is 9.25. The van der Waals surface area contributed by atoms with Crippen LogP contribution in [0.2, 0.25) is 0 Å². The predicted octanol–water partition coefficient (Wildman–Crippen LogP) is 3.01. The Kier molecular flexibility index (Phi) is 6.81. The SMILES string of the molecule is Cn1cc(-c2ccn(C[C@]3(O)CCN(C(=O)N4CCNC[C@H]4c4ccccc4)CC34CCCC4)c(=O)c2)cn1. The molecule has 4 heterocycles. The summed E-state index contributed by atoms with van der Waals surface area (Å²) in [5.41, 5.74) is 1.23. The highest BCUT2D eigenvalue weighted by Crippen LogP contribution is 2.51. The first-order chi connectivity index (χ1) is 18.9. The number of rotatable bonds is 4. The Morgan fingerprint density at radius 3 is 2.62 bits per heavy atom. The Morgan fingerprint density at radius 1 is 1.10 bits per heavy atom. The second kappa shape index (κ2) is 10.3. The highest BCUT2D eigenvalue weighted by Gasteiger charge is 2.56. The Morgan fingerprint density at radius 2 is 1.90 bits per heavy atom. The molecule has 9 nitrogen and oxygen atoms in total. The summed E-state index contributed by atoms with van der Waals surface area (Å²) < 4.78 is 3.35. The first kappa shape index (κ1) is 25.8. The van der Waals surface area contributed by atoms with Crippen molar-refractivity contribution in [3.63, 3.8) is 0 Å². The van der Waals surface area contributed by atoms with E-state index >= 15 is 0 Å². The topological polar surface area (TPSA) is 95.6 Å². The van der Waals surface area contributed by atoms with Crippen molar-refractivity contribution >= 4 is 6.03 Å². The van der Waals surface area contributed by atoms with E-state index in [-0.39, 0.29) is 24.2 Å². The Balaban J connectivity index is 1.22. The van der Waals surface area contributed by atoms with Crippen LogP contribution in [-0.2, 0) is 13.6 Å². The van der Waals surface area contributed by atoms with E-state index in [1.807, 2.05) is 47.3 Å². The van der Waals surface area contributed by atoms with E-state index in [2.05, 4.69) is 22.5 Å². The van der Waals surface area contributed by atoms with Gasteiger partial charge in [-0.15, -0.1) is 0 Å². The van der Waals surface area contributed by atoms with Gasteiger partial charge in [0.1, 0.15) is 0 Å². The van der Waals surface area contributed by atoms with Gasteiger partial charge in [0.05, 0.1) is 24.4 Å². The lowest BCUT2D eigenvalue weighted by Gasteiger charge is -2.53. The molecule has 2 aliphatic heterocycles. The number of nitrogens with one attached hydrogen (secondary N) is 1. The van der Waals surface area contributed by atoms with Gasteiger partial charge in [-0.1, -0.05) is 43.2 Å². The number of carbonyl (C=O) groups is 1. The van der Waals surface area contributed by atoms with E-state index in [0.29, 0.717) is 26.1 Å². The van der Waals surface area contributed by atoms with Crippen LogP contribution in [0.4, 0.5) is 4.79 Å². The van der Waals surface area contributed by atoms with Gasteiger partial charge in [0.25, 0.3) is 5.56 Å². The van der Waals surface area contributed by atoms with Crippen molar-refractivity contribution in [2.75, 3.05) is 32.7 Å². The Hall–Kier alpha value is -3.43. The molecule has 3 aromatic rings. The molecule has 2 saturated heterocycles. The van der Waals surface area contributed by atoms with Gasteiger partial charge >= 0.3 is 6.03 Å². The van der Waals surface area contributed by atoms with Crippen LogP contribution in [0, 0.1) is 5.41 Å². The molecule has 39 heavy (non-hydrogen) atoms. The summed E-state index contributed by atoms with van der Waals surface area (Å²) in [6, 6.07) is 13.8. The molecule has 6 rings (SSSR count). The number of hydrogen-bond acceptors (Lipinski definition) is 5. The summed E-state index contributed by atoms with van der Waals surface area (Å²) in [6.45, 7) is 3.40. The van der Waals surface area contributed by atoms with Crippen molar-refractivity contribution in [2.45, 2.75) is 50.3 Å². The molecule has 1 spiro atoms. The number of aromatic nitrogens is 3. The van der Waals surface area contributed by atoms with Crippen molar-refractivity contribution in [3.05, 3.63) is 77.0 Å². The molecular weight excluding hydrogens is 492 g/mol. The number of aliphatic hydroxyl groups is 1. The third-order valence-corrected chi connectivity index (χ3v) is 9.25. The zero-order chi connectivity index (χ0) is 27.0. The van der Waals surface area contributed by atoms with Crippen LogP contribution in [0.1, 0.15) is 43.7 Å². The number of aryl methyl sites for hydroxylation is 1. The smallest absolute Gasteiger partial charge is 0.320 e. The minimum Gasteiger partial charge on any atom is -0.387 e. The summed E-state index contributed by atoms with van der Waals surface area (Å²) >= 11 is 0. The van der Waals surface area contributed by atoms with Gasteiger partial charge in [-0.05, 0) is 36.5 Å². The number of amides is 2. The lowest BCUT2D eigenvalue weighted by molar-refractivity contribution is -0.136. The lowest BCUT2D eigenvalue weighted by Crippen LogP contribution is -2.64.